The van der Waals surface area contributed by atoms with E-state index >= 15 is 0 Å². The molecule has 1 fully saturated rings. The molecule has 0 radical (unpaired) electrons. The van der Waals surface area contributed by atoms with Crippen LogP contribution >= 0.6 is 0 Å². The average Bonchev–Trinajstić information content (AvgIpc) is 3.08. The van der Waals surface area contributed by atoms with Gasteiger partial charge in [0.05, 0.1) is 10.9 Å². The minimum atomic E-state index is -3.40. The van der Waals surface area contributed by atoms with Gasteiger partial charge in [0.15, 0.2) is 5.82 Å². The van der Waals surface area contributed by atoms with E-state index in [1.165, 1.54) is 0 Å². The lowest BCUT2D eigenvalue weighted by atomic mass is 10.2. The first-order valence-corrected chi connectivity index (χ1v) is 8.15. The van der Waals surface area contributed by atoms with Gasteiger partial charge in [-0.25, -0.2) is 13.1 Å². The van der Waals surface area contributed by atoms with Crippen molar-refractivity contribution in [1.82, 2.24) is 25.3 Å². The Morgan fingerprint density at radius 1 is 1.29 bits per heavy atom. The molecule has 8 nitrogen and oxygen atoms in total. The Hall–Kier alpha value is -2.00. The van der Waals surface area contributed by atoms with E-state index in [1.54, 1.807) is 24.3 Å². The van der Waals surface area contributed by atoms with Crippen molar-refractivity contribution in [3.8, 4) is 0 Å². The Kier molecular flexibility index (Phi) is 3.60. The molecule has 1 aromatic carbocycles. The summed E-state index contributed by atoms with van der Waals surface area (Å²) in [5.41, 5.74) is 0.790. The summed E-state index contributed by atoms with van der Waals surface area (Å²) in [6.45, 7) is 1.89. The molecule has 9 heteroatoms. The summed E-state index contributed by atoms with van der Waals surface area (Å²) < 4.78 is 26.7. The monoisotopic (exact) mass is 308 g/mol. The van der Waals surface area contributed by atoms with E-state index in [4.69, 9.17) is 0 Å². The molecule has 0 amide bonds. The first-order valence-electron chi connectivity index (χ1n) is 6.67. The van der Waals surface area contributed by atoms with Crippen LogP contribution in [0.25, 0.3) is 0 Å². The molecule has 1 aromatic heterocycles. The summed E-state index contributed by atoms with van der Waals surface area (Å²) in [4.78, 5) is 0.271. The maximum Gasteiger partial charge on any atom is 0.240 e. The number of hydrogen-bond donors (Lipinski definition) is 3. The molecule has 112 valence electrons. The molecule has 0 aliphatic heterocycles. The van der Waals surface area contributed by atoms with Gasteiger partial charge in [-0.05, 0) is 44.0 Å². The predicted octanol–water partition coefficient (Wildman–Crippen LogP) is 0.813. The summed E-state index contributed by atoms with van der Waals surface area (Å²) in [6.07, 6.45) is 1.84. The molecule has 1 heterocycles. The maximum absolute atomic E-state index is 12.0. The van der Waals surface area contributed by atoms with Gasteiger partial charge in [0.25, 0.3) is 0 Å². The third kappa shape index (κ3) is 3.37. The Balaban J connectivity index is 1.69. The Bertz CT molecular complexity index is 694. The highest BCUT2D eigenvalue weighted by molar-refractivity contribution is 7.89. The molecular weight excluding hydrogens is 292 g/mol. The third-order valence-electron chi connectivity index (χ3n) is 3.20. The first-order chi connectivity index (χ1) is 10.0. The minimum Gasteiger partial charge on any atom is -0.375 e. The van der Waals surface area contributed by atoms with Gasteiger partial charge in [0, 0.05) is 11.7 Å². The predicted molar refractivity (Wildman–Crippen MR) is 76.0 cm³/mol. The van der Waals surface area contributed by atoms with Crippen molar-refractivity contribution in [1.29, 1.82) is 0 Å². The molecule has 0 spiro atoms. The second kappa shape index (κ2) is 5.41. The van der Waals surface area contributed by atoms with Crippen molar-refractivity contribution < 1.29 is 8.42 Å². The van der Waals surface area contributed by atoms with E-state index in [2.05, 4.69) is 30.7 Å². The van der Waals surface area contributed by atoms with Crippen LogP contribution in [-0.2, 0) is 10.0 Å². The van der Waals surface area contributed by atoms with Crippen LogP contribution in [0.5, 0.6) is 0 Å². The van der Waals surface area contributed by atoms with E-state index in [9.17, 15) is 8.42 Å². The fourth-order valence-electron chi connectivity index (χ4n) is 1.89. The lowest BCUT2D eigenvalue weighted by molar-refractivity contribution is 0.581. The molecule has 1 aliphatic rings. The van der Waals surface area contributed by atoms with Crippen LogP contribution in [0.4, 0.5) is 5.69 Å². The number of aromatic amines is 1. The van der Waals surface area contributed by atoms with E-state index in [-0.39, 0.29) is 17.0 Å². The van der Waals surface area contributed by atoms with Crippen LogP contribution in [0.3, 0.4) is 0 Å². The molecule has 21 heavy (non-hydrogen) atoms. The fourth-order valence-corrected chi connectivity index (χ4v) is 3.19. The Morgan fingerprint density at radius 2 is 2.00 bits per heavy atom. The number of sulfonamides is 1. The van der Waals surface area contributed by atoms with Gasteiger partial charge in [-0.15, -0.1) is 10.2 Å². The summed E-state index contributed by atoms with van der Waals surface area (Å²) in [7, 11) is -3.40. The average molecular weight is 308 g/mol. The molecule has 3 N–H and O–H groups in total. The number of H-pyrrole nitrogens is 1. The van der Waals surface area contributed by atoms with Gasteiger partial charge in [0.1, 0.15) is 0 Å². The smallest absolute Gasteiger partial charge is 0.240 e. The molecule has 2 aromatic rings. The van der Waals surface area contributed by atoms with Gasteiger partial charge in [-0.2, -0.15) is 5.21 Å². The Morgan fingerprint density at radius 3 is 2.57 bits per heavy atom. The number of tetrazole rings is 1. The van der Waals surface area contributed by atoms with Crippen molar-refractivity contribution in [3.63, 3.8) is 0 Å². The topological polar surface area (TPSA) is 113 Å². The molecule has 1 aliphatic carbocycles. The van der Waals surface area contributed by atoms with Crippen LogP contribution in [0, 0.1) is 0 Å². The number of hydrogen-bond acceptors (Lipinski definition) is 6. The standard InChI is InChI=1S/C12H16N6O2S/c1-8(12-14-17-18-15-12)13-9-4-6-11(7-5-9)21(19,20)16-10-2-3-10/h4-8,10,13,16H,2-3H2,1H3,(H,14,15,17,18). The van der Waals surface area contributed by atoms with E-state index in [1.807, 2.05) is 6.92 Å². The van der Waals surface area contributed by atoms with Gasteiger partial charge in [0.2, 0.25) is 10.0 Å². The van der Waals surface area contributed by atoms with Crippen LogP contribution in [-0.4, -0.2) is 35.1 Å². The lowest BCUT2D eigenvalue weighted by Gasteiger charge is -2.12. The number of nitrogens with zero attached hydrogens (tertiary/aromatic N) is 3. The highest BCUT2D eigenvalue weighted by Crippen LogP contribution is 2.23. The molecular formula is C12H16N6O2S. The molecule has 3 rings (SSSR count). The largest absolute Gasteiger partial charge is 0.375 e. The van der Waals surface area contributed by atoms with Gasteiger partial charge >= 0.3 is 0 Å². The first kappa shape index (κ1) is 14.0. The van der Waals surface area contributed by atoms with E-state index < -0.39 is 10.0 Å². The van der Waals surface area contributed by atoms with Crippen molar-refractivity contribution in [3.05, 3.63) is 30.1 Å². The number of nitrogens with one attached hydrogen (secondary N) is 3. The zero-order valence-corrected chi connectivity index (χ0v) is 12.3. The Labute approximate surface area is 122 Å². The van der Waals surface area contributed by atoms with Gasteiger partial charge < -0.3 is 5.32 Å². The minimum absolute atomic E-state index is 0.103. The van der Waals surface area contributed by atoms with Crippen LogP contribution in [0.15, 0.2) is 29.2 Å². The number of anilines is 1. The van der Waals surface area contributed by atoms with Crippen LogP contribution in [0.1, 0.15) is 31.6 Å². The van der Waals surface area contributed by atoms with E-state index in [0.717, 1.165) is 18.5 Å². The molecule has 0 saturated heterocycles. The normalized spacial score (nSPS) is 16.6. The van der Waals surface area contributed by atoms with Gasteiger partial charge in [-0.3, -0.25) is 0 Å². The zero-order chi connectivity index (χ0) is 14.9. The van der Waals surface area contributed by atoms with Gasteiger partial charge in [-0.1, -0.05) is 5.21 Å². The highest BCUT2D eigenvalue weighted by Gasteiger charge is 2.27. The molecule has 1 atom stereocenters. The SMILES string of the molecule is CC(Nc1ccc(S(=O)(=O)NC2CC2)cc1)c1nn[nH]n1. The molecule has 1 saturated carbocycles. The summed E-state index contributed by atoms with van der Waals surface area (Å²) in [5, 5.41) is 16.9. The van der Waals surface area contributed by atoms with Crippen molar-refractivity contribution in [2.24, 2.45) is 0 Å². The van der Waals surface area contributed by atoms with Crippen LogP contribution < -0.4 is 10.0 Å². The highest BCUT2D eigenvalue weighted by atomic mass is 32.2. The summed E-state index contributed by atoms with van der Waals surface area (Å²) in [5.74, 6) is 0.544. The van der Waals surface area contributed by atoms with E-state index in [0.29, 0.717) is 5.82 Å². The zero-order valence-electron chi connectivity index (χ0n) is 11.4. The molecule has 1 unspecified atom stereocenters. The van der Waals surface area contributed by atoms with Crippen molar-refractivity contribution in [2.75, 3.05) is 5.32 Å². The quantitative estimate of drug-likeness (QED) is 0.728. The number of rotatable bonds is 6. The number of aromatic nitrogens is 4. The summed E-state index contributed by atoms with van der Waals surface area (Å²) >= 11 is 0. The lowest BCUT2D eigenvalue weighted by Crippen LogP contribution is -2.25. The maximum atomic E-state index is 12.0. The van der Waals surface area contributed by atoms with Crippen molar-refractivity contribution in [2.45, 2.75) is 36.7 Å². The number of benzene rings is 1. The molecule has 0 bridgehead atoms. The van der Waals surface area contributed by atoms with Crippen LogP contribution in [0.2, 0.25) is 0 Å². The second-order valence-electron chi connectivity index (χ2n) is 5.06. The third-order valence-corrected chi connectivity index (χ3v) is 4.73. The van der Waals surface area contributed by atoms with Crippen molar-refractivity contribution >= 4 is 15.7 Å². The second-order valence-corrected chi connectivity index (χ2v) is 6.77. The fraction of sp³-hybridized carbons (Fsp3) is 0.417. The summed E-state index contributed by atoms with van der Waals surface area (Å²) in [6, 6.07) is 6.57.